The van der Waals surface area contributed by atoms with E-state index < -0.39 is 66.3 Å². The second-order valence-corrected chi connectivity index (χ2v) is 13.4. The van der Waals surface area contributed by atoms with Gasteiger partial charge >= 0.3 is 30.1 Å². The van der Waals surface area contributed by atoms with Gasteiger partial charge in [0.25, 0.3) is 5.91 Å². The molecule has 15 nitrogen and oxygen atoms in total. The lowest BCUT2D eigenvalue weighted by molar-refractivity contribution is -0.192. The monoisotopic (exact) mass is 673 g/mol. The van der Waals surface area contributed by atoms with Crippen molar-refractivity contribution in [3.05, 3.63) is 0 Å². The lowest BCUT2D eigenvalue weighted by Crippen LogP contribution is -2.61. The summed E-state index contributed by atoms with van der Waals surface area (Å²) in [6, 6.07) is -3.40. The number of carboxylic acid groups (broad SMARTS) is 3. The van der Waals surface area contributed by atoms with Crippen LogP contribution in [0.2, 0.25) is 0 Å². The maximum Gasteiger partial charge on any atom is 0.490 e. The molecule has 0 aliphatic heterocycles. The molecule has 0 aromatic carbocycles. The van der Waals surface area contributed by atoms with Crippen LogP contribution in [0.1, 0.15) is 38.5 Å². The molecule has 9 N–H and O–H groups in total. The second-order valence-electron chi connectivity index (χ2n) is 10.9. The highest BCUT2D eigenvalue weighted by molar-refractivity contribution is 8.76. The molecule has 2 atom stereocenters. The quantitative estimate of drug-likeness (QED) is 0.0684. The van der Waals surface area contributed by atoms with E-state index in [0.717, 1.165) is 40.9 Å². The van der Waals surface area contributed by atoms with Crippen LogP contribution in [0.5, 0.6) is 0 Å². The summed E-state index contributed by atoms with van der Waals surface area (Å²) in [5.41, 5.74) is 5.05. The molecular formula is C24H34F3N5O10S2. The number of nitrogens with one attached hydrogen (secondary N) is 4. The third kappa shape index (κ3) is 12.0. The van der Waals surface area contributed by atoms with Gasteiger partial charge in [-0.25, -0.2) is 9.59 Å². The number of halogens is 3. The van der Waals surface area contributed by atoms with Crippen LogP contribution < -0.4 is 27.0 Å². The van der Waals surface area contributed by atoms with Gasteiger partial charge in [0, 0.05) is 17.8 Å². The van der Waals surface area contributed by atoms with Gasteiger partial charge in [0.1, 0.15) is 18.6 Å². The van der Waals surface area contributed by atoms with Crippen LogP contribution in [0, 0.1) is 17.8 Å². The van der Waals surface area contributed by atoms with Crippen LogP contribution in [0.15, 0.2) is 0 Å². The molecule has 4 rings (SSSR count). The Morgan fingerprint density at radius 2 is 1.41 bits per heavy atom. The maximum absolute atomic E-state index is 12.6. The van der Waals surface area contributed by atoms with Gasteiger partial charge in [-0.3, -0.25) is 24.0 Å². The van der Waals surface area contributed by atoms with Gasteiger partial charge in [0.15, 0.2) is 0 Å². The van der Waals surface area contributed by atoms with E-state index in [1.807, 2.05) is 0 Å². The van der Waals surface area contributed by atoms with Crippen molar-refractivity contribution in [2.24, 2.45) is 23.5 Å². The molecule has 0 spiro atoms. The zero-order valence-electron chi connectivity index (χ0n) is 23.2. The van der Waals surface area contributed by atoms with Gasteiger partial charge in [-0.15, -0.1) is 0 Å². The molecule has 248 valence electrons. The van der Waals surface area contributed by atoms with Crippen molar-refractivity contribution in [2.45, 2.75) is 62.3 Å². The topological polar surface area (TPSA) is 254 Å². The Morgan fingerprint density at radius 1 is 0.886 bits per heavy atom. The van der Waals surface area contributed by atoms with Crippen molar-refractivity contribution in [3.63, 3.8) is 0 Å². The van der Waals surface area contributed by atoms with Crippen molar-refractivity contribution in [1.82, 2.24) is 21.3 Å². The van der Waals surface area contributed by atoms with Crippen molar-refractivity contribution < 1.29 is 62.1 Å². The first-order chi connectivity index (χ1) is 20.4. The highest BCUT2D eigenvalue weighted by atomic mass is 33.1. The molecule has 4 bridgehead atoms. The van der Waals surface area contributed by atoms with E-state index >= 15 is 0 Å². The number of rotatable bonds is 14. The molecular weight excluding hydrogens is 639 g/mol. The molecule has 0 aromatic heterocycles. The Kier molecular flexibility index (Phi) is 13.6. The Bertz CT molecular complexity index is 1090. The maximum atomic E-state index is 12.6. The van der Waals surface area contributed by atoms with Crippen LogP contribution in [-0.4, -0.2) is 105 Å². The molecule has 4 fully saturated rings. The minimum atomic E-state index is -5.08. The zero-order valence-corrected chi connectivity index (χ0v) is 24.8. The summed E-state index contributed by atoms with van der Waals surface area (Å²) in [5, 5.41) is 34.4. The first-order valence-electron chi connectivity index (χ1n) is 13.3. The smallest absolute Gasteiger partial charge is 0.480 e. The van der Waals surface area contributed by atoms with E-state index in [-0.39, 0.29) is 23.6 Å². The number of amides is 4. The highest BCUT2D eigenvalue weighted by Crippen LogP contribution is 2.55. The Morgan fingerprint density at radius 3 is 1.86 bits per heavy atom. The first kappa shape index (κ1) is 36.9. The van der Waals surface area contributed by atoms with E-state index in [9.17, 15) is 41.9 Å². The summed E-state index contributed by atoms with van der Waals surface area (Å²) < 4.78 is 31.7. The third-order valence-electron chi connectivity index (χ3n) is 7.26. The van der Waals surface area contributed by atoms with Crippen LogP contribution in [0.25, 0.3) is 0 Å². The summed E-state index contributed by atoms with van der Waals surface area (Å²) in [4.78, 5) is 79.9. The molecule has 0 heterocycles. The molecule has 0 radical (unpaired) electrons. The normalized spacial score (nSPS) is 24.5. The summed E-state index contributed by atoms with van der Waals surface area (Å²) in [6.45, 7) is -1.05. The minimum Gasteiger partial charge on any atom is -0.480 e. The number of Topliss-reactive ketones (excluding diaryl/α,β-unsaturated/α-hetero) is 1. The van der Waals surface area contributed by atoms with E-state index in [4.69, 9.17) is 25.8 Å². The average molecular weight is 674 g/mol. The number of urea groups is 1. The number of carboxylic acids is 3. The van der Waals surface area contributed by atoms with Gasteiger partial charge in [-0.2, -0.15) is 13.2 Å². The zero-order chi connectivity index (χ0) is 33.2. The lowest BCUT2D eigenvalue weighted by Gasteiger charge is -2.56. The molecule has 0 saturated heterocycles. The van der Waals surface area contributed by atoms with E-state index in [0.29, 0.717) is 17.8 Å². The van der Waals surface area contributed by atoms with Crippen molar-refractivity contribution in [2.75, 3.05) is 24.6 Å². The van der Waals surface area contributed by atoms with Crippen molar-refractivity contribution in [3.8, 4) is 0 Å². The number of aliphatic carboxylic acids is 3. The fraction of sp³-hybridized carbons (Fsp3) is 0.708. The van der Waals surface area contributed by atoms with E-state index in [2.05, 4.69) is 21.3 Å². The fourth-order valence-corrected chi connectivity index (χ4v) is 7.88. The second kappa shape index (κ2) is 16.2. The van der Waals surface area contributed by atoms with Crippen LogP contribution in [0.3, 0.4) is 0 Å². The predicted octanol–water partition coefficient (Wildman–Crippen LogP) is -0.0643. The number of hydrogen-bond donors (Lipinski definition) is 8. The molecule has 44 heavy (non-hydrogen) atoms. The summed E-state index contributed by atoms with van der Waals surface area (Å²) in [5.74, 6) is -5.61. The fourth-order valence-electron chi connectivity index (χ4n) is 5.82. The van der Waals surface area contributed by atoms with Crippen molar-refractivity contribution in [1.29, 1.82) is 0 Å². The van der Waals surface area contributed by atoms with E-state index in [1.54, 1.807) is 0 Å². The van der Waals surface area contributed by atoms with Crippen LogP contribution in [-0.2, 0) is 28.8 Å². The lowest BCUT2D eigenvalue weighted by atomic mass is 9.53. The van der Waals surface area contributed by atoms with Gasteiger partial charge in [0.05, 0.1) is 5.75 Å². The highest BCUT2D eigenvalue weighted by Gasteiger charge is 2.51. The molecule has 20 heteroatoms. The predicted molar refractivity (Wildman–Crippen MR) is 149 cm³/mol. The number of carbonyl (C=O) groups excluding carboxylic acids is 4. The van der Waals surface area contributed by atoms with Crippen LogP contribution in [0.4, 0.5) is 18.0 Å². The number of alkyl halides is 3. The van der Waals surface area contributed by atoms with Crippen molar-refractivity contribution >= 4 is 63.1 Å². The minimum absolute atomic E-state index is 0.0433. The SMILES string of the molecule is N[C@@H](CNC(=O)N[C@@H](CSSCC(=O)C(=O)NC12CC3CC(CC(C3)C1)C2)C(=O)NCC(=O)O)C(=O)O.O=C(O)C(F)(F)F. The number of carbonyl (C=O) groups is 7. The summed E-state index contributed by atoms with van der Waals surface area (Å²) in [7, 11) is 2.10. The molecule has 4 aliphatic carbocycles. The molecule has 4 saturated carbocycles. The van der Waals surface area contributed by atoms with E-state index in [1.165, 1.54) is 19.3 Å². The Hall–Kier alpha value is -3.26. The Balaban J connectivity index is 0.000000860. The number of hydrogen-bond acceptors (Lipinski definition) is 10. The Labute approximate surface area is 256 Å². The largest absolute Gasteiger partial charge is 0.490 e. The van der Waals surface area contributed by atoms with Crippen LogP contribution >= 0.6 is 21.6 Å². The summed E-state index contributed by atoms with van der Waals surface area (Å²) in [6.07, 6.45) is 1.36. The summed E-state index contributed by atoms with van der Waals surface area (Å²) >= 11 is 0. The van der Waals surface area contributed by atoms with Gasteiger partial charge in [-0.1, -0.05) is 21.6 Å². The van der Waals surface area contributed by atoms with Gasteiger partial charge < -0.3 is 42.3 Å². The van der Waals surface area contributed by atoms with Gasteiger partial charge in [0.2, 0.25) is 11.7 Å². The average Bonchev–Trinajstić information content (AvgIpc) is 2.90. The third-order valence-corrected chi connectivity index (χ3v) is 9.53. The van der Waals surface area contributed by atoms with Gasteiger partial charge in [-0.05, 0) is 56.3 Å². The standard InChI is InChI=1S/C22H33N5O8S2.C2HF3O2/c23-14(20(33)34)7-25-21(35)26-15(18(31)24-8-17(29)30)9-36-37-10-16(28)19(32)27-22-4-11-1-12(5-22)3-13(2-11)6-22;3-2(4,5)1(6)7/h11-15H,1-10,23H2,(H,24,31)(H,27,32)(H,29,30)(H,33,34)(H2,25,26,35);(H,6,7)/t11?,12?,13?,14-,15-,22?;/m0./s1. The molecule has 0 aromatic rings. The molecule has 4 amide bonds. The molecule has 0 unspecified atom stereocenters. The number of nitrogens with two attached hydrogens (primary N) is 1. The first-order valence-corrected chi connectivity index (χ1v) is 15.8. The number of ketones is 1. The molecule has 4 aliphatic rings.